The van der Waals surface area contributed by atoms with Crippen LogP contribution in [0, 0.1) is 0 Å². The fourth-order valence-electron chi connectivity index (χ4n) is 2.72. The predicted octanol–water partition coefficient (Wildman–Crippen LogP) is 0.103. The maximum Gasteiger partial charge on any atom is 0.358 e. The molecule has 0 unspecified atom stereocenters. The van der Waals surface area contributed by atoms with Gasteiger partial charge in [0.25, 0.3) is 0 Å². The molecular formula is C13H18N4O4. The number of hydrogen-bond acceptors (Lipinski definition) is 5. The van der Waals surface area contributed by atoms with Crippen LogP contribution in [0.15, 0.2) is 0 Å². The van der Waals surface area contributed by atoms with Crippen LogP contribution in [-0.2, 0) is 16.1 Å². The Labute approximate surface area is 121 Å². The van der Waals surface area contributed by atoms with E-state index in [1.165, 1.54) is 4.68 Å². The Bertz CT molecular complexity index is 546. The highest BCUT2D eigenvalue weighted by Crippen LogP contribution is 2.37. The second kappa shape index (κ2) is 5.80. The SMILES string of the molecule is O=C(O)c1nnn(CC(=O)N2CCOCC2)c1C1CCC1. The number of carbonyl (C=O) groups excluding carboxylic acids is 1. The molecule has 1 saturated heterocycles. The number of carbonyl (C=O) groups is 2. The summed E-state index contributed by atoms with van der Waals surface area (Å²) in [5, 5.41) is 16.8. The number of carboxylic acids is 1. The van der Waals surface area contributed by atoms with Crippen molar-refractivity contribution in [3.05, 3.63) is 11.4 Å². The molecule has 1 amide bonds. The van der Waals surface area contributed by atoms with Gasteiger partial charge in [-0.2, -0.15) is 0 Å². The van der Waals surface area contributed by atoms with Crippen molar-refractivity contribution in [2.45, 2.75) is 31.7 Å². The Morgan fingerprint density at radius 3 is 2.57 bits per heavy atom. The summed E-state index contributed by atoms with van der Waals surface area (Å²) in [4.78, 5) is 25.2. The van der Waals surface area contributed by atoms with E-state index in [1.54, 1.807) is 4.90 Å². The third-order valence-electron chi connectivity index (χ3n) is 4.12. The highest BCUT2D eigenvalue weighted by atomic mass is 16.5. The van der Waals surface area contributed by atoms with Crippen LogP contribution in [0.2, 0.25) is 0 Å². The van der Waals surface area contributed by atoms with Gasteiger partial charge in [0.1, 0.15) is 6.54 Å². The average molecular weight is 294 g/mol. The van der Waals surface area contributed by atoms with Crippen molar-refractivity contribution in [3.63, 3.8) is 0 Å². The maximum absolute atomic E-state index is 12.3. The number of hydrogen-bond donors (Lipinski definition) is 1. The predicted molar refractivity (Wildman–Crippen MR) is 71.0 cm³/mol. The molecule has 21 heavy (non-hydrogen) atoms. The van der Waals surface area contributed by atoms with Gasteiger partial charge in [0.05, 0.1) is 18.9 Å². The van der Waals surface area contributed by atoms with Crippen LogP contribution in [0.1, 0.15) is 41.4 Å². The third-order valence-corrected chi connectivity index (χ3v) is 4.12. The van der Waals surface area contributed by atoms with Crippen LogP contribution < -0.4 is 0 Å². The lowest BCUT2D eigenvalue weighted by atomic mass is 9.82. The van der Waals surface area contributed by atoms with Gasteiger partial charge in [0, 0.05) is 19.0 Å². The van der Waals surface area contributed by atoms with Crippen molar-refractivity contribution < 1.29 is 19.4 Å². The number of morpholine rings is 1. The second-order valence-corrected chi connectivity index (χ2v) is 5.41. The van der Waals surface area contributed by atoms with Crippen LogP contribution in [0.5, 0.6) is 0 Å². The highest BCUT2D eigenvalue weighted by molar-refractivity contribution is 5.87. The van der Waals surface area contributed by atoms with E-state index in [-0.39, 0.29) is 24.1 Å². The second-order valence-electron chi connectivity index (χ2n) is 5.41. The first-order valence-corrected chi connectivity index (χ1v) is 7.19. The molecule has 8 heteroatoms. The van der Waals surface area contributed by atoms with Gasteiger partial charge in [0.15, 0.2) is 5.69 Å². The van der Waals surface area contributed by atoms with Gasteiger partial charge >= 0.3 is 5.97 Å². The number of amides is 1. The van der Waals surface area contributed by atoms with Crippen molar-refractivity contribution in [1.82, 2.24) is 19.9 Å². The smallest absolute Gasteiger partial charge is 0.358 e. The minimum atomic E-state index is -1.08. The first-order valence-electron chi connectivity index (χ1n) is 7.19. The number of rotatable bonds is 4. The van der Waals surface area contributed by atoms with Crippen LogP contribution in [-0.4, -0.2) is 63.2 Å². The van der Waals surface area contributed by atoms with E-state index in [0.717, 1.165) is 19.3 Å². The van der Waals surface area contributed by atoms with Crippen molar-refractivity contribution in [2.75, 3.05) is 26.3 Å². The Balaban J connectivity index is 1.78. The normalized spacial score (nSPS) is 19.3. The fourth-order valence-corrected chi connectivity index (χ4v) is 2.72. The molecule has 1 saturated carbocycles. The van der Waals surface area contributed by atoms with Crippen molar-refractivity contribution >= 4 is 11.9 Å². The van der Waals surface area contributed by atoms with E-state index in [1.807, 2.05) is 0 Å². The van der Waals surface area contributed by atoms with Gasteiger partial charge in [0.2, 0.25) is 5.91 Å². The largest absolute Gasteiger partial charge is 0.476 e. The molecule has 2 heterocycles. The Morgan fingerprint density at radius 1 is 1.29 bits per heavy atom. The zero-order chi connectivity index (χ0) is 14.8. The standard InChI is InChI=1S/C13H18N4O4/c18-10(16-4-6-21-7-5-16)8-17-12(9-2-1-3-9)11(13(19)20)14-15-17/h9H,1-8H2,(H,19,20). The first-order chi connectivity index (χ1) is 10.2. The summed E-state index contributed by atoms with van der Waals surface area (Å²) in [7, 11) is 0. The summed E-state index contributed by atoms with van der Waals surface area (Å²) < 4.78 is 6.68. The molecule has 0 atom stereocenters. The van der Waals surface area contributed by atoms with Gasteiger partial charge in [-0.25, -0.2) is 9.48 Å². The van der Waals surface area contributed by atoms with Crippen molar-refractivity contribution in [3.8, 4) is 0 Å². The number of aromatic carboxylic acids is 1. The van der Waals surface area contributed by atoms with Crippen LogP contribution >= 0.6 is 0 Å². The zero-order valence-electron chi connectivity index (χ0n) is 11.7. The summed E-state index contributed by atoms with van der Waals surface area (Å²) in [5.41, 5.74) is 0.574. The molecule has 8 nitrogen and oxygen atoms in total. The fraction of sp³-hybridized carbons (Fsp3) is 0.692. The van der Waals surface area contributed by atoms with Gasteiger partial charge in [-0.05, 0) is 12.8 Å². The summed E-state index contributed by atoms with van der Waals surface area (Å²) in [6.45, 7) is 2.26. The lowest BCUT2D eigenvalue weighted by molar-refractivity contribution is -0.136. The van der Waals surface area contributed by atoms with E-state index in [2.05, 4.69) is 10.3 Å². The molecule has 1 aromatic heterocycles. The summed E-state index contributed by atoms with van der Waals surface area (Å²) in [5.74, 6) is -0.994. The molecule has 3 rings (SSSR count). The van der Waals surface area contributed by atoms with E-state index in [4.69, 9.17) is 4.74 Å². The van der Waals surface area contributed by atoms with Gasteiger partial charge < -0.3 is 14.7 Å². The molecule has 0 bridgehead atoms. The minimum absolute atomic E-state index is 0.0190. The number of nitrogens with zero attached hydrogens (tertiary/aromatic N) is 4. The summed E-state index contributed by atoms with van der Waals surface area (Å²) in [6, 6.07) is 0. The lowest BCUT2D eigenvalue weighted by Gasteiger charge is -2.28. The van der Waals surface area contributed by atoms with Crippen molar-refractivity contribution in [1.29, 1.82) is 0 Å². The topological polar surface area (TPSA) is 97.5 Å². The number of ether oxygens (including phenoxy) is 1. The van der Waals surface area contributed by atoms with E-state index in [9.17, 15) is 14.7 Å². The summed E-state index contributed by atoms with van der Waals surface area (Å²) in [6.07, 6.45) is 2.94. The van der Waals surface area contributed by atoms with Crippen LogP contribution in [0.4, 0.5) is 0 Å². The number of carboxylic acid groups (broad SMARTS) is 1. The Kier molecular flexibility index (Phi) is 3.87. The molecule has 1 aromatic rings. The molecule has 1 N–H and O–H groups in total. The number of aromatic nitrogens is 3. The molecule has 1 aliphatic heterocycles. The highest BCUT2D eigenvalue weighted by Gasteiger charge is 2.31. The summed E-state index contributed by atoms with van der Waals surface area (Å²) >= 11 is 0. The quantitative estimate of drug-likeness (QED) is 0.846. The molecular weight excluding hydrogens is 276 g/mol. The Morgan fingerprint density at radius 2 is 2.00 bits per heavy atom. The molecule has 2 fully saturated rings. The zero-order valence-corrected chi connectivity index (χ0v) is 11.7. The van der Waals surface area contributed by atoms with Gasteiger partial charge in [-0.3, -0.25) is 4.79 Å². The molecule has 2 aliphatic rings. The minimum Gasteiger partial charge on any atom is -0.476 e. The monoisotopic (exact) mass is 294 g/mol. The first kappa shape index (κ1) is 14.0. The van der Waals surface area contributed by atoms with E-state index in [0.29, 0.717) is 32.0 Å². The maximum atomic E-state index is 12.3. The third kappa shape index (κ3) is 2.76. The molecule has 0 spiro atoms. The average Bonchev–Trinajstić information content (AvgIpc) is 2.82. The van der Waals surface area contributed by atoms with E-state index < -0.39 is 5.97 Å². The lowest BCUT2D eigenvalue weighted by Crippen LogP contribution is -2.42. The molecule has 0 radical (unpaired) electrons. The van der Waals surface area contributed by atoms with E-state index >= 15 is 0 Å². The molecule has 0 aromatic carbocycles. The van der Waals surface area contributed by atoms with Crippen LogP contribution in [0.25, 0.3) is 0 Å². The van der Waals surface area contributed by atoms with Gasteiger partial charge in [-0.1, -0.05) is 11.6 Å². The Hall–Kier alpha value is -1.96. The van der Waals surface area contributed by atoms with Gasteiger partial charge in [-0.15, -0.1) is 5.10 Å². The van der Waals surface area contributed by atoms with Crippen molar-refractivity contribution in [2.24, 2.45) is 0 Å². The van der Waals surface area contributed by atoms with Crippen LogP contribution in [0.3, 0.4) is 0 Å². The molecule has 1 aliphatic carbocycles. The molecule has 114 valence electrons.